The zero-order valence-electron chi connectivity index (χ0n) is 8.82. The minimum Gasteiger partial charge on any atom is -0.311 e. The summed E-state index contributed by atoms with van der Waals surface area (Å²) in [6.45, 7) is 0. The molecule has 0 spiro atoms. The molecule has 1 N–H and O–H groups in total. The Morgan fingerprint density at radius 3 is 2.43 bits per heavy atom. The maximum Gasteiger partial charge on any atom is 0.249 e. The molecule has 0 aliphatic carbocycles. The molecule has 0 aromatic carbocycles. The van der Waals surface area contributed by atoms with Gasteiger partial charge in [-0.25, -0.2) is 5.06 Å². The van der Waals surface area contributed by atoms with E-state index in [1.807, 2.05) is 0 Å². The van der Waals surface area contributed by atoms with Gasteiger partial charge in [-0.15, -0.1) is 0 Å². The summed E-state index contributed by atoms with van der Waals surface area (Å²) in [5.41, 5.74) is 0. The average Bonchev–Trinajstić information content (AvgIpc) is 2.55. The molecule has 4 nitrogen and oxygen atoms in total. The van der Waals surface area contributed by atoms with Gasteiger partial charge in [0.25, 0.3) is 0 Å². The fourth-order valence-corrected chi connectivity index (χ4v) is 2.61. The van der Waals surface area contributed by atoms with Crippen LogP contribution in [0, 0.1) is 5.92 Å². The van der Waals surface area contributed by atoms with Gasteiger partial charge in [0.2, 0.25) is 5.91 Å². The summed E-state index contributed by atoms with van der Waals surface area (Å²) >= 11 is 0. The SMILES string of the molecule is CON(C)C(=O)C1CC2CCC(C1)N2. The number of fused-ring (bicyclic) bond motifs is 2. The summed E-state index contributed by atoms with van der Waals surface area (Å²) in [6, 6.07) is 1.13. The number of rotatable bonds is 2. The van der Waals surface area contributed by atoms with Crippen molar-refractivity contribution in [3.05, 3.63) is 0 Å². The van der Waals surface area contributed by atoms with E-state index in [2.05, 4.69) is 5.32 Å². The van der Waals surface area contributed by atoms with Crippen LogP contribution in [0.4, 0.5) is 0 Å². The summed E-state index contributed by atoms with van der Waals surface area (Å²) in [6.07, 6.45) is 4.41. The van der Waals surface area contributed by atoms with Crippen molar-refractivity contribution in [2.45, 2.75) is 37.8 Å². The van der Waals surface area contributed by atoms with E-state index in [-0.39, 0.29) is 11.8 Å². The molecule has 2 aliphatic heterocycles. The topological polar surface area (TPSA) is 41.6 Å². The number of nitrogens with one attached hydrogen (secondary N) is 1. The van der Waals surface area contributed by atoms with Gasteiger partial charge in [-0.1, -0.05) is 0 Å². The maximum absolute atomic E-state index is 11.8. The quantitative estimate of drug-likeness (QED) is 0.658. The van der Waals surface area contributed by atoms with Crippen molar-refractivity contribution in [3.8, 4) is 0 Å². The van der Waals surface area contributed by atoms with Crippen LogP contribution in [0.25, 0.3) is 0 Å². The van der Waals surface area contributed by atoms with Gasteiger partial charge >= 0.3 is 0 Å². The van der Waals surface area contributed by atoms with Crippen LogP contribution in [0.1, 0.15) is 25.7 Å². The van der Waals surface area contributed by atoms with Gasteiger partial charge in [0, 0.05) is 25.0 Å². The largest absolute Gasteiger partial charge is 0.311 e. The lowest BCUT2D eigenvalue weighted by Crippen LogP contribution is -2.44. The predicted molar refractivity (Wildman–Crippen MR) is 52.4 cm³/mol. The van der Waals surface area contributed by atoms with Gasteiger partial charge in [-0.2, -0.15) is 0 Å². The Labute approximate surface area is 84.6 Å². The standard InChI is InChI=1S/C10H18N2O2/c1-12(14-2)10(13)7-5-8-3-4-9(6-7)11-8/h7-9,11H,3-6H2,1-2H3. The number of piperidine rings is 1. The van der Waals surface area contributed by atoms with Crippen molar-refractivity contribution in [2.75, 3.05) is 14.2 Å². The van der Waals surface area contributed by atoms with Crippen molar-refractivity contribution < 1.29 is 9.63 Å². The lowest BCUT2D eigenvalue weighted by atomic mass is 9.92. The normalized spacial score (nSPS) is 35.7. The van der Waals surface area contributed by atoms with Crippen molar-refractivity contribution in [2.24, 2.45) is 5.92 Å². The highest BCUT2D eigenvalue weighted by Crippen LogP contribution is 2.31. The minimum absolute atomic E-state index is 0.130. The molecule has 2 bridgehead atoms. The molecule has 2 aliphatic rings. The molecule has 14 heavy (non-hydrogen) atoms. The zero-order valence-corrected chi connectivity index (χ0v) is 8.82. The second-order valence-corrected chi connectivity index (χ2v) is 4.32. The van der Waals surface area contributed by atoms with E-state index < -0.39 is 0 Å². The van der Waals surface area contributed by atoms with Gasteiger partial charge in [0.05, 0.1) is 7.11 Å². The Bertz CT molecular complexity index is 220. The number of carbonyl (C=O) groups is 1. The van der Waals surface area contributed by atoms with Crippen LogP contribution in [-0.4, -0.2) is 37.2 Å². The van der Waals surface area contributed by atoms with Crippen molar-refractivity contribution >= 4 is 5.91 Å². The molecule has 2 saturated heterocycles. The molecular formula is C10H18N2O2. The highest BCUT2D eigenvalue weighted by molar-refractivity contribution is 5.77. The van der Waals surface area contributed by atoms with Crippen molar-refractivity contribution in [3.63, 3.8) is 0 Å². The van der Waals surface area contributed by atoms with E-state index in [0.717, 1.165) is 12.8 Å². The summed E-state index contributed by atoms with van der Waals surface area (Å²) < 4.78 is 0. The van der Waals surface area contributed by atoms with Crippen LogP contribution >= 0.6 is 0 Å². The van der Waals surface area contributed by atoms with E-state index in [9.17, 15) is 4.79 Å². The summed E-state index contributed by atoms with van der Waals surface area (Å²) in [4.78, 5) is 16.7. The molecular weight excluding hydrogens is 180 g/mol. The first kappa shape index (κ1) is 9.93. The Kier molecular flexibility index (Phi) is 2.74. The molecule has 4 heteroatoms. The first-order valence-electron chi connectivity index (χ1n) is 5.28. The Balaban J connectivity index is 1.95. The molecule has 0 saturated carbocycles. The number of hydroxylamine groups is 2. The van der Waals surface area contributed by atoms with Crippen molar-refractivity contribution in [1.82, 2.24) is 10.4 Å². The minimum atomic E-state index is 0.130. The molecule has 2 fully saturated rings. The lowest BCUT2D eigenvalue weighted by Gasteiger charge is -2.30. The van der Waals surface area contributed by atoms with Crippen LogP contribution in [0.2, 0.25) is 0 Å². The monoisotopic (exact) mass is 198 g/mol. The van der Waals surface area contributed by atoms with Gasteiger partial charge < -0.3 is 5.32 Å². The number of amides is 1. The third-order valence-electron chi connectivity index (χ3n) is 3.41. The number of carbonyl (C=O) groups excluding carboxylic acids is 1. The molecule has 2 unspecified atom stereocenters. The molecule has 1 amide bonds. The number of nitrogens with zero attached hydrogens (tertiary/aromatic N) is 1. The third kappa shape index (κ3) is 1.77. The molecule has 0 aromatic rings. The van der Waals surface area contributed by atoms with Crippen LogP contribution in [0.5, 0.6) is 0 Å². The van der Waals surface area contributed by atoms with Gasteiger partial charge in [0.15, 0.2) is 0 Å². The highest BCUT2D eigenvalue weighted by Gasteiger charge is 2.37. The molecule has 2 rings (SSSR count). The Morgan fingerprint density at radius 1 is 1.36 bits per heavy atom. The number of hydrogen-bond donors (Lipinski definition) is 1. The van der Waals surface area contributed by atoms with Gasteiger partial charge in [-0.05, 0) is 25.7 Å². The van der Waals surface area contributed by atoms with Crippen LogP contribution in [-0.2, 0) is 9.63 Å². The molecule has 2 heterocycles. The summed E-state index contributed by atoms with van der Waals surface area (Å²) in [7, 11) is 3.22. The van der Waals surface area contributed by atoms with Gasteiger partial charge in [0.1, 0.15) is 0 Å². The third-order valence-corrected chi connectivity index (χ3v) is 3.41. The zero-order chi connectivity index (χ0) is 10.1. The second-order valence-electron chi connectivity index (χ2n) is 4.32. The summed E-state index contributed by atoms with van der Waals surface area (Å²) in [5, 5.41) is 4.88. The van der Waals surface area contributed by atoms with E-state index in [0.29, 0.717) is 12.1 Å². The highest BCUT2D eigenvalue weighted by atomic mass is 16.7. The van der Waals surface area contributed by atoms with E-state index in [1.165, 1.54) is 25.0 Å². The molecule has 2 atom stereocenters. The number of hydrogen-bond acceptors (Lipinski definition) is 3. The predicted octanol–water partition coefficient (Wildman–Crippen LogP) is 0.537. The first-order valence-corrected chi connectivity index (χ1v) is 5.28. The van der Waals surface area contributed by atoms with Crippen molar-refractivity contribution in [1.29, 1.82) is 0 Å². The van der Waals surface area contributed by atoms with E-state index in [1.54, 1.807) is 7.05 Å². The van der Waals surface area contributed by atoms with E-state index >= 15 is 0 Å². The fraction of sp³-hybridized carbons (Fsp3) is 0.900. The summed E-state index contributed by atoms with van der Waals surface area (Å²) in [5.74, 6) is 0.296. The van der Waals surface area contributed by atoms with E-state index in [4.69, 9.17) is 4.84 Å². The first-order chi connectivity index (χ1) is 6.70. The Hall–Kier alpha value is -0.610. The van der Waals surface area contributed by atoms with Crippen LogP contribution in [0.15, 0.2) is 0 Å². The van der Waals surface area contributed by atoms with Gasteiger partial charge in [-0.3, -0.25) is 9.63 Å². The van der Waals surface area contributed by atoms with Crippen LogP contribution < -0.4 is 5.32 Å². The average molecular weight is 198 g/mol. The second kappa shape index (κ2) is 3.87. The maximum atomic E-state index is 11.8. The Morgan fingerprint density at radius 2 is 1.93 bits per heavy atom. The molecule has 80 valence electrons. The lowest BCUT2D eigenvalue weighted by molar-refractivity contribution is -0.174. The molecule has 0 aromatic heterocycles. The fourth-order valence-electron chi connectivity index (χ4n) is 2.61. The molecule has 0 radical (unpaired) electrons. The smallest absolute Gasteiger partial charge is 0.249 e. The van der Waals surface area contributed by atoms with Crippen LogP contribution in [0.3, 0.4) is 0 Å².